The Kier molecular flexibility index (Phi) is 5.92. The number of nitrogens with zero attached hydrogens (tertiary/aromatic N) is 2. The highest BCUT2D eigenvalue weighted by Crippen LogP contribution is 2.29. The summed E-state index contributed by atoms with van der Waals surface area (Å²) in [6.45, 7) is 1.51. The summed E-state index contributed by atoms with van der Waals surface area (Å²) in [6, 6.07) is 6.77. The van der Waals surface area contributed by atoms with E-state index in [0.717, 1.165) is 51.3 Å². The number of halogens is 2. The molecule has 2 aliphatic rings. The third-order valence-corrected chi connectivity index (χ3v) is 5.83. The zero-order valence-electron chi connectivity index (χ0n) is 16.5. The average molecular weight is 414 g/mol. The number of aromatic nitrogens is 1. The van der Waals surface area contributed by atoms with Gasteiger partial charge in [-0.25, -0.2) is 18.6 Å². The minimum atomic E-state index is -0.653. The molecule has 1 aliphatic heterocycles. The SMILES string of the molecule is O=C1NCCCN1[C@H]1CC[C@H](C(=O)Nc2ccc(-c3cc(F)cc(F)c3)cn2)CC1. The summed E-state index contributed by atoms with van der Waals surface area (Å²) in [5.74, 6) is -1.11. The minimum absolute atomic E-state index is 0.00313. The van der Waals surface area contributed by atoms with Crippen LogP contribution in [-0.2, 0) is 4.79 Å². The fourth-order valence-corrected chi connectivity index (χ4v) is 4.23. The van der Waals surface area contributed by atoms with Crippen LogP contribution in [0.3, 0.4) is 0 Å². The van der Waals surface area contributed by atoms with Crippen LogP contribution in [0, 0.1) is 17.6 Å². The molecule has 1 saturated heterocycles. The van der Waals surface area contributed by atoms with Gasteiger partial charge in [0.05, 0.1) is 0 Å². The molecule has 2 heterocycles. The maximum Gasteiger partial charge on any atom is 0.317 e. The van der Waals surface area contributed by atoms with Crippen LogP contribution in [0.15, 0.2) is 36.5 Å². The van der Waals surface area contributed by atoms with Gasteiger partial charge in [-0.2, -0.15) is 0 Å². The summed E-state index contributed by atoms with van der Waals surface area (Å²) >= 11 is 0. The summed E-state index contributed by atoms with van der Waals surface area (Å²) in [4.78, 5) is 30.7. The van der Waals surface area contributed by atoms with E-state index in [1.165, 1.54) is 18.3 Å². The molecule has 1 aromatic heterocycles. The standard InChI is InChI=1S/C22H24F2N4O2/c23-17-10-16(11-18(24)12-17)15-4-7-20(26-13-15)27-21(29)14-2-5-19(6-3-14)28-9-1-8-25-22(28)30/h4,7,10-14,19H,1-3,5-6,8-9H2,(H,25,30)(H,26,27,29)/t14-,19-. The lowest BCUT2D eigenvalue weighted by molar-refractivity contribution is -0.121. The van der Waals surface area contributed by atoms with Crippen molar-refractivity contribution < 1.29 is 18.4 Å². The third kappa shape index (κ3) is 4.58. The first-order chi connectivity index (χ1) is 14.5. The summed E-state index contributed by atoms with van der Waals surface area (Å²) in [7, 11) is 0. The molecule has 3 amide bonds. The Hall–Kier alpha value is -3.03. The molecule has 2 fully saturated rings. The van der Waals surface area contributed by atoms with E-state index in [4.69, 9.17) is 0 Å². The predicted molar refractivity (Wildman–Crippen MR) is 109 cm³/mol. The van der Waals surface area contributed by atoms with Gasteiger partial charge >= 0.3 is 6.03 Å². The van der Waals surface area contributed by atoms with Gasteiger partial charge in [-0.05, 0) is 61.9 Å². The van der Waals surface area contributed by atoms with E-state index in [2.05, 4.69) is 15.6 Å². The predicted octanol–water partition coefficient (Wildman–Crippen LogP) is 3.94. The van der Waals surface area contributed by atoms with Crippen LogP contribution in [0.4, 0.5) is 19.4 Å². The maximum absolute atomic E-state index is 13.4. The number of carbonyl (C=O) groups is 2. The molecule has 1 aromatic carbocycles. The van der Waals surface area contributed by atoms with Crippen molar-refractivity contribution >= 4 is 17.8 Å². The molecule has 6 nitrogen and oxygen atoms in total. The van der Waals surface area contributed by atoms with Crippen molar-refractivity contribution in [3.63, 3.8) is 0 Å². The monoisotopic (exact) mass is 414 g/mol. The van der Waals surface area contributed by atoms with Gasteiger partial charge in [0.1, 0.15) is 17.5 Å². The lowest BCUT2D eigenvalue weighted by atomic mass is 9.84. The van der Waals surface area contributed by atoms with Crippen molar-refractivity contribution in [1.29, 1.82) is 0 Å². The van der Waals surface area contributed by atoms with Gasteiger partial charge in [0, 0.05) is 42.9 Å². The molecule has 0 radical (unpaired) electrons. The second kappa shape index (κ2) is 8.77. The smallest absolute Gasteiger partial charge is 0.317 e. The first-order valence-corrected chi connectivity index (χ1v) is 10.3. The molecular weight excluding hydrogens is 390 g/mol. The molecule has 0 bridgehead atoms. The Bertz CT molecular complexity index is 907. The van der Waals surface area contributed by atoms with Crippen molar-refractivity contribution in [2.45, 2.75) is 38.1 Å². The van der Waals surface area contributed by atoms with Crippen molar-refractivity contribution in [1.82, 2.24) is 15.2 Å². The summed E-state index contributed by atoms with van der Waals surface area (Å²) in [5.41, 5.74) is 0.949. The molecule has 2 aromatic rings. The molecule has 1 saturated carbocycles. The van der Waals surface area contributed by atoms with Crippen LogP contribution >= 0.6 is 0 Å². The number of urea groups is 1. The molecule has 158 valence electrons. The highest BCUT2D eigenvalue weighted by molar-refractivity contribution is 5.91. The normalized spacial score (nSPS) is 21.8. The molecule has 0 spiro atoms. The van der Waals surface area contributed by atoms with Crippen molar-refractivity contribution in [3.05, 3.63) is 48.2 Å². The number of nitrogens with one attached hydrogen (secondary N) is 2. The van der Waals surface area contributed by atoms with Crippen LogP contribution in [0.25, 0.3) is 11.1 Å². The van der Waals surface area contributed by atoms with Crippen molar-refractivity contribution in [2.75, 3.05) is 18.4 Å². The fourth-order valence-electron chi connectivity index (χ4n) is 4.23. The van der Waals surface area contributed by atoms with Crippen molar-refractivity contribution in [3.8, 4) is 11.1 Å². The summed E-state index contributed by atoms with van der Waals surface area (Å²) < 4.78 is 26.8. The Morgan fingerprint density at radius 3 is 2.43 bits per heavy atom. The van der Waals surface area contributed by atoms with Crippen LogP contribution in [0.5, 0.6) is 0 Å². The molecule has 0 atom stereocenters. The molecule has 4 rings (SSSR count). The molecule has 2 N–H and O–H groups in total. The van der Waals surface area contributed by atoms with E-state index in [-0.39, 0.29) is 23.9 Å². The number of anilines is 1. The molecule has 8 heteroatoms. The lowest BCUT2D eigenvalue weighted by Crippen LogP contribution is -2.52. The van der Waals surface area contributed by atoms with Crippen LogP contribution in [-0.4, -0.2) is 41.0 Å². The fraction of sp³-hybridized carbons (Fsp3) is 0.409. The van der Waals surface area contributed by atoms with E-state index in [1.807, 2.05) is 4.90 Å². The second-order valence-corrected chi connectivity index (χ2v) is 7.86. The Labute approximate surface area is 173 Å². The van der Waals surface area contributed by atoms with E-state index in [0.29, 0.717) is 16.9 Å². The lowest BCUT2D eigenvalue weighted by Gasteiger charge is -2.38. The van der Waals surface area contributed by atoms with Crippen LogP contribution < -0.4 is 10.6 Å². The number of pyridine rings is 1. The minimum Gasteiger partial charge on any atom is -0.338 e. The second-order valence-electron chi connectivity index (χ2n) is 7.86. The van der Waals surface area contributed by atoms with Gasteiger partial charge in [-0.15, -0.1) is 0 Å². The van der Waals surface area contributed by atoms with Crippen LogP contribution in [0.1, 0.15) is 32.1 Å². The van der Waals surface area contributed by atoms with Gasteiger partial charge in [0.25, 0.3) is 0 Å². The maximum atomic E-state index is 13.4. The van der Waals surface area contributed by atoms with E-state index < -0.39 is 11.6 Å². The Morgan fingerprint density at radius 1 is 1.07 bits per heavy atom. The number of hydrogen-bond donors (Lipinski definition) is 2. The zero-order chi connectivity index (χ0) is 21.1. The van der Waals surface area contributed by atoms with E-state index in [9.17, 15) is 18.4 Å². The zero-order valence-corrected chi connectivity index (χ0v) is 16.5. The van der Waals surface area contributed by atoms with Gasteiger partial charge in [0.15, 0.2) is 0 Å². The highest BCUT2D eigenvalue weighted by atomic mass is 19.1. The number of rotatable bonds is 4. The van der Waals surface area contributed by atoms with Gasteiger partial charge in [-0.3, -0.25) is 4.79 Å². The molecule has 1 aliphatic carbocycles. The van der Waals surface area contributed by atoms with E-state index in [1.54, 1.807) is 12.1 Å². The number of hydrogen-bond acceptors (Lipinski definition) is 3. The van der Waals surface area contributed by atoms with Gasteiger partial charge in [0.2, 0.25) is 5.91 Å². The van der Waals surface area contributed by atoms with E-state index >= 15 is 0 Å². The Morgan fingerprint density at radius 2 is 1.80 bits per heavy atom. The molecule has 30 heavy (non-hydrogen) atoms. The largest absolute Gasteiger partial charge is 0.338 e. The van der Waals surface area contributed by atoms with Gasteiger partial charge < -0.3 is 15.5 Å². The first-order valence-electron chi connectivity index (χ1n) is 10.3. The Balaban J connectivity index is 1.32. The van der Waals surface area contributed by atoms with Crippen LogP contribution in [0.2, 0.25) is 0 Å². The number of carbonyl (C=O) groups excluding carboxylic acids is 2. The van der Waals surface area contributed by atoms with Crippen molar-refractivity contribution in [2.24, 2.45) is 5.92 Å². The quantitative estimate of drug-likeness (QED) is 0.796. The topological polar surface area (TPSA) is 74.3 Å². The van der Waals surface area contributed by atoms with Gasteiger partial charge in [-0.1, -0.05) is 0 Å². The molecule has 0 unspecified atom stereocenters. The third-order valence-electron chi connectivity index (χ3n) is 5.83. The first kappa shape index (κ1) is 20.3. The highest BCUT2D eigenvalue weighted by Gasteiger charge is 2.32. The summed E-state index contributed by atoms with van der Waals surface area (Å²) in [6.07, 6.45) is 5.50. The average Bonchev–Trinajstić information content (AvgIpc) is 2.74. The number of amides is 3. The molecular formula is C22H24F2N4O2. The summed E-state index contributed by atoms with van der Waals surface area (Å²) in [5, 5.41) is 5.70. The number of benzene rings is 1.